The fourth-order valence-electron chi connectivity index (χ4n) is 10.1. The number of para-hydroxylation sites is 6. The molecule has 6 nitrogen and oxygen atoms in total. The van der Waals surface area contributed by atoms with Crippen LogP contribution in [-0.2, 0) is 0 Å². The smallest absolute Gasteiger partial charge is 0.137 e. The molecule has 0 bridgehead atoms. The molecule has 0 saturated carbocycles. The summed E-state index contributed by atoms with van der Waals surface area (Å²) >= 11 is 0. The molecule has 0 saturated heterocycles. The molecule has 0 amide bonds. The quantitative estimate of drug-likeness (QED) is 0.175. The van der Waals surface area contributed by atoms with E-state index in [0.717, 1.165) is 39.4 Å². The highest BCUT2D eigenvalue weighted by atomic mass is 15.2. The van der Waals surface area contributed by atoms with Crippen LogP contribution in [0.15, 0.2) is 187 Å². The van der Waals surface area contributed by atoms with Gasteiger partial charge in [0.2, 0.25) is 0 Å². The van der Waals surface area contributed by atoms with E-state index in [1.54, 1.807) is 0 Å². The third-order valence-corrected chi connectivity index (χ3v) is 12.4. The average molecular weight is 761 g/mol. The predicted octanol–water partition coefficient (Wildman–Crippen LogP) is 12.9. The fourth-order valence-corrected chi connectivity index (χ4v) is 10.1. The average Bonchev–Trinajstić information content (AvgIpc) is 4.01. The van der Waals surface area contributed by atoms with E-state index in [9.17, 15) is 0 Å². The van der Waals surface area contributed by atoms with Crippen molar-refractivity contribution in [2.45, 2.75) is 19.4 Å². The van der Waals surface area contributed by atoms with E-state index >= 15 is 0 Å². The Balaban J connectivity index is 1.18. The zero-order valence-electron chi connectivity index (χ0n) is 32.6. The molecule has 1 unspecified atom stereocenters. The minimum atomic E-state index is -0.0702. The Morgan fingerprint density at radius 3 is 1.63 bits per heavy atom. The number of allylic oxidation sites excluding steroid dienone is 4. The molecule has 0 spiro atoms. The van der Waals surface area contributed by atoms with Crippen molar-refractivity contribution < 1.29 is 0 Å². The molecule has 2 N–H and O–H groups in total. The maximum atomic E-state index is 5.87. The van der Waals surface area contributed by atoms with Gasteiger partial charge in [-0.05, 0) is 61.5 Å². The van der Waals surface area contributed by atoms with Gasteiger partial charge in [0, 0.05) is 67.3 Å². The van der Waals surface area contributed by atoms with Gasteiger partial charge in [-0.2, -0.15) is 0 Å². The van der Waals surface area contributed by atoms with Crippen LogP contribution in [0.25, 0.3) is 98.7 Å². The first-order valence-corrected chi connectivity index (χ1v) is 20.4. The van der Waals surface area contributed by atoms with Crippen molar-refractivity contribution in [3.63, 3.8) is 0 Å². The first kappa shape index (κ1) is 33.7. The van der Waals surface area contributed by atoms with E-state index in [1.165, 1.54) is 65.2 Å². The molecule has 0 aliphatic carbocycles. The molecule has 59 heavy (non-hydrogen) atoms. The van der Waals surface area contributed by atoms with E-state index in [-0.39, 0.29) is 6.04 Å². The molecule has 0 fully saturated rings. The standard InChI is InChI=1S/C53H40N6/c1-34(16-14-15-31-54)56-43-23-8-6-21-40(43)41-29-30-49-52(53(41)56)42-22-7-13-28-48(42)57(49)35-32-50(58-44-24-9-2-17-36(44)37-18-3-10-25-45(37)58)55-51(33-35)59-46-26-11-4-19-38(46)39-20-5-12-27-47(39)59/h2-30,32,35H,31,33,54H2,1H3/b15-14-,34-16+. The van der Waals surface area contributed by atoms with Crippen molar-refractivity contribution >= 4 is 105 Å². The Morgan fingerprint density at radius 2 is 1.05 bits per heavy atom. The molecule has 0 radical (unpaired) electrons. The lowest BCUT2D eigenvalue weighted by Crippen LogP contribution is -2.23. The fraction of sp³-hybridized carbons (Fsp3) is 0.0755. The molecule has 11 aromatic rings. The van der Waals surface area contributed by atoms with E-state index < -0.39 is 0 Å². The lowest BCUT2D eigenvalue weighted by molar-refractivity contribution is 0.653. The van der Waals surface area contributed by atoms with Gasteiger partial charge in [-0.15, -0.1) is 0 Å². The van der Waals surface area contributed by atoms with E-state index in [0.29, 0.717) is 13.0 Å². The lowest BCUT2D eigenvalue weighted by Gasteiger charge is -2.26. The number of fused-ring (bicyclic) bond motifs is 13. The number of nitrogens with zero attached hydrogens (tertiary/aromatic N) is 5. The number of benzene rings is 7. The summed E-state index contributed by atoms with van der Waals surface area (Å²) in [6, 6.07) is 57.3. The van der Waals surface area contributed by atoms with Gasteiger partial charge in [0.15, 0.2) is 0 Å². The van der Waals surface area contributed by atoms with Gasteiger partial charge >= 0.3 is 0 Å². The molecule has 6 heteroatoms. The number of aliphatic imine (C=N–C) groups is 1. The Bertz CT molecular complexity index is 3540. The van der Waals surface area contributed by atoms with Crippen LogP contribution < -0.4 is 5.73 Å². The summed E-state index contributed by atoms with van der Waals surface area (Å²) in [5.41, 5.74) is 16.4. The van der Waals surface area contributed by atoms with Crippen LogP contribution in [0.3, 0.4) is 0 Å². The Morgan fingerprint density at radius 1 is 0.559 bits per heavy atom. The molecule has 5 heterocycles. The molecule has 12 rings (SSSR count). The highest BCUT2D eigenvalue weighted by Gasteiger charge is 2.29. The zero-order chi connectivity index (χ0) is 39.2. The van der Waals surface area contributed by atoms with Gasteiger partial charge in [0.1, 0.15) is 11.7 Å². The predicted molar refractivity (Wildman–Crippen MR) is 250 cm³/mol. The van der Waals surface area contributed by atoms with Crippen LogP contribution in [0.1, 0.15) is 19.4 Å². The SMILES string of the molecule is C/C(=C\C=C/CN)n1c2ccccc2c2ccc3c(c4ccccc4n3C3C=C(n4c5ccccc5c5ccccc54)N=C(n4c5ccccc5c5ccccc54)C3)c21. The van der Waals surface area contributed by atoms with Gasteiger partial charge in [-0.25, -0.2) is 4.99 Å². The summed E-state index contributed by atoms with van der Waals surface area (Å²) in [6.45, 7) is 2.70. The highest BCUT2D eigenvalue weighted by Crippen LogP contribution is 2.44. The molecule has 1 aliphatic heterocycles. The summed E-state index contributed by atoms with van der Waals surface area (Å²) in [5.74, 6) is 1.93. The van der Waals surface area contributed by atoms with Gasteiger partial charge in [-0.1, -0.05) is 127 Å². The summed E-state index contributed by atoms with van der Waals surface area (Å²) < 4.78 is 9.80. The molecule has 1 aliphatic rings. The van der Waals surface area contributed by atoms with Gasteiger partial charge in [0.25, 0.3) is 0 Å². The third-order valence-electron chi connectivity index (χ3n) is 12.4. The second-order valence-corrected chi connectivity index (χ2v) is 15.6. The molecule has 4 aromatic heterocycles. The molecular formula is C53H40N6. The van der Waals surface area contributed by atoms with E-state index in [2.05, 4.69) is 201 Å². The van der Waals surface area contributed by atoms with Crippen LogP contribution in [0.4, 0.5) is 0 Å². The van der Waals surface area contributed by atoms with Crippen molar-refractivity contribution in [3.05, 3.63) is 182 Å². The molecule has 282 valence electrons. The van der Waals surface area contributed by atoms with Gasteiger partial charge < -0.3 is 14.9 Å². The Kier molecular flexibility index (Phi) is 7.46. The number of rotatable bonds is 5. The number of hydrogen-bond donors (Lipinski definition) is 1. The summed E-state index contributed by atoms with van der Waals surface area (Å²) in [4.78, 5) is 5.70. The highest BCUT2D eigenvalue weighted by molar-refractivity contribution is 6.26. The number of hydrogen-bond acceptors (Lipinski definition) is 2. The van der Waals surface area contributed by atoms with Crippen molar-refractivity contribution in [2.75, 3.05) is 6.54 Å². The summed E-state index contributed by atoms with van der Waals surface area (Å²) in [7, 11) is 0. The Hall–Kier alpha value is -7.41. The molecule has 1 atom stereocenters. The monoisotopic (exact) mass is 760 g/mol. The maximum absolute atomic E-state index is 5.87. The zero-order valence-corrected chi connectivity index (χ0v) is 32.6. The molecular weight excluding hydrogens is 721 g/mol. The van der Waals surface area contributed by atoms with Crippen molar-refractivity contribution in [1.82, 2.24) is 18.3 Å². The van der Waals surface area contributed by atoms with Crippen LogP contribution >= 0.6 is 0 Å². The van der Waals surface area contributed by atoms with E-state index in [1.807, 2.05) is 6.08 Å². The molecule has 7 aromatic carbocycles. The first-order valence-electron chi connectivity index (χ1n) is 20.4. The third kappa shape index (κ3) is 4.87. The van der Waals surface area contributed by atoms with Crippen molar-refractivity contribution in [2.24, 2.45) is 10.7 Å². The number of aromatic nitrogens is 4. The first-order chi connectivity index (χ1) is 29.2. The van der Waals surface area contributed by atoms with Crippen LogP contribution in [-0.4, -0.2) is 30.6 Å². The van der Waals surface area contributed by atoms with Crippen molar-refractivity contribution in [1.29, 1.82) is 0 Å². The number of nitrogens with two attached hydrogens (primary N) is 1. The minimum Gasteiger partial charge on any atom is -0.333 e. The topological polar surface area (TPSA) is 58.1 Å². The normalized spacial score (nSPS) is 15.4. The largest absolute Gasteiger partial charge is 0.333 e. The van der Waals surface area contributed by atoms with Gasteiger partial charge in [-0.3, -0.25) is 9.13 Å². The summed E-state index contributed by atoms with van der Waals surface area (Å²) in [5, 5.41) is 9.85. The van der Waals surface area contributed by atoms with Crippen LogP contribution in [0.2, 0.25) is 0 Å². The van der Waals surface area contributed by atoms with Crippen molar-refractivity contribution in [3.8, 4) is 0 Å². The van der Waals surface area contributed by atoms with Crippen LogP contribution in [0, 0.1) is 0 Å². The Labute approximate surface area is 340 Å². The van der Waals surface area contributed by atoms with Crippen LogP contribution in [0.5, 0.6) is 0 Å². The lowest BCUT2D eigenvalue weighted by atomic mass is 10.1. The van der Waals surface area contributed by atoms with E-state index in [4.69, 9.17) is 10.7 Å². The summed E-state index contributed by atoms with van der Waals surface area (Å²) in [6.07, 6.45) is 9.34. The van der Waals surface area contributed by atoms with Gasteiger partial charge in [0.05, 0.1) is 44.7 Å². The second-order valence-electron chi connectivity index (χ2n) is 15.6. The maximum Gasteiger partial charge on any atom is 0.137 e. The second kappa shape index (κ2) is 13.1. The minimum absolute atomic E-state index is 0.0702.